The summed E-state index contributed by atoms with van der Waals surface area (Å²) in [6, 6.07) is -4.48. The van der Waals surface area contributed by atoms with E-state index in [-0.39, 0.29) is 31.3 Å². The number of hydrogen-bond acceptors (Lipinski definition) is 7. The van der Waals surface area contributed by atoms with Crippen molar-refractivity contribution in [3.05, 3.63) is 0 Å². The van der Waals surface area contributed by atoms with Gasteiger partial charge in [-0.15, -0.1) is 0 Å². The highest BCUT2D eigenvalue weighted by molar-refractivity contribution is 5.94. The molecule has 0 spiro atoms. The number of nitrogens with two attached hydrogens (primary N) is 3. The highest BCUT2D eigenvalue weighted by Gasteiger charge is 2.32. The van der Waals surface area contributed by atoms with Crippen LogP contribution in [0.5, 0.6) is 0 Å². The fourth-order valence-electron chi connectivity index (χ4n) is 3.41. The number of carbonyl (C=O) groups is 5. The van der Waals surface area contributed by atoms with Crippen molar-refractivity contribution < 1.29 is 34.2 Å². The maximum absolute atomic E-state index is 13.2. The van der Waals surface area contributed by atoms with Gasteiger partial charge in [-0.3, -0.25) is 24.2 Å². The van der Waals surface area contributed by atoms with Gasteiger partial charge in [-0.25, -0.2) is 4.79 Å². The average molecular weight is 530 g/mol. The van der Waals surface area contributed by atoms with Crippen LogP contribution in [0.4, 0.5) is 0 Å². The maximum atomic E-state index is 13.2. The van der Waals surface area contributed by atoms with Crippen LogP contribution in [-0.4, -0.2) is 76.5 Å². The molecule has 0 saturated carbocycles. The summed E-state index contributed by atoms with van der Waals surface area (Å²) in [7, 11) is 0. The molecular formula is C23H43N7O7. The number of rotatable bonds is 18. The second kappa shape index (κ2) is 17.1. The zero-order valence-electron chi connectivity index (χ0n) is 22.0. The lowest BCUT2D eigenvalue weighted by molar-refractivity contribution is -0.143. The van der Waals surface area contributed by atoms with Crippen LogP contribution in [0.15, 0.2) is 4.99 Å². The van der Waals surface area contributed by atoms with Gasteiger partial charge in [0.25, 0.3) is 0 Å². The Bertz CT molecular complexity index is 815. The van der Waals surface area contributed by atoms with E-state index in [0.717, 1.165) is 0 Å². The quantitative estimate of drug-likeness (QED) is 0.0601. The molecule has 3 amide bonds. The van der Waals surface area contributed by atoms with Crippen LogP contribution in [-0.2, 0) is 24.0 Å². The van der Waals surface area contributed by atoms with E-state index in [0.29, 0.717) is 19.3 Å². The maximum Gasteiger partial charge on any atom is 0.326 e. The van der Waals surface area contributed by atoms with E-state index in [1.54, 1.807) is 13.8 Å². The Hall–Kier alpha value is -3.42. The zero-order chi connectivity index (χ0) is 28.7. The Labute approximate surface area is 217 Å². The lowest BCUT2D eigenvalue weighted by atomic mass is 9.96. The highest BCUT2D eigenvalue weighted by Crippen LogP contribution is 2.11. The second-order valence-electron chi connectivity index (χ2n) is 9.45. The molecule has 0 aromatic heterocycles. The largest absolute Gasteiger partial charge is 0.481 e. The molecule has 0 aliphatic carbocycles. The normalized spacial score (nSPS) is 15.0. The third kappa shape index (κ3) is 14.0. The number of nitrogens with zero attached hydrogens (tertiary/aromatic N) is 1. The molecule has 0 saturated heterocycles. The molecule has 0 aliphatic rings. The van der Waals surface area contributed by atoms with Gasteiger partial charge in [0.2, 0.25) is 17.7 Å². The predicted octanol–water partition coefficient (Wildman–Crippen LogP) is -1.14. The van der Waals surface area contributed by atoms with Crippen LogP contribution in [0.25, 0.3) is 0 Å². The van der Waals surface area contributed by atoms with E-state index >= 15 is 0 Å². The summed E-state index contributed by atoms with van der Waals surface area (Å²) in [6.07, 6.45) is 0.568. The van der Waals surface area contributed by atoms with E-state index in [1.165, 1.54) is 0 Å². The summed E-state index contributed by atoms with van der Waals surface area (Å²) in [5.74, 6) is -4.94. The first-order valence-electron chi connectivity index (χ1n) is 12.4. The monoisotopic (exact) mass is 529 g/mol. The summed E-state index contributed by atoms with van der Waals surface area (Å²) in [4.78, 5) is 65.0. The Morgan fingerprint density at radius 3 is 1.95 bits per heavy atom. The molecule has 37 heavy (non-hydrogen) atoms. The summed E-state index contributed by atoms with van der Waals surface area (Å²) in [5.41, 5.74) is 16.6. The minimum absolute atomic E-state index is 0.117. The third-order valence-electron chi connectivity index (χ3n) is 5.70. The Kier molecular flexibility index (Phi) is 15.5. The summed E-state index contributed by atoms with van der Waals surface area (Å²) >= 11 is 0. The Morgan fingerprint density at radius 1 is 0.865 bits per heavy atom. The number of carboxylic acids is 2. The van der Waals surface area contributed by atoms with Gasteiger partial charge >= 0.3 is 11.9 Å². The standard InChI is InChI=1S/C23H43N7O7/c1-5-13(4)18(21(35)29-16(22(36)37)8-9-17(31)32)30-20(34)15(7-6-10-27-23(25)26)28-19(33)14(24)11-12(2)3/h12-16,18H,5-11,24H2,1-4H3,(H,28,33)(H,29,35)(H,30,34)(H,31,32)(H,36,37)(H4,25,26,27). The summed E-state index contributed by atoms with van der Waals surface area (Å²) in [5, 5.41) is 25.8. The van der Waals surface area contributed by atoms with Crippen LogP contribution < -0.4 is 33.2 Å². The number of aliphatic carboxylic acids is 2. The molecule has 14 heteroatoms. The van der Waals surface area contributed by atoms with Gasteiger partial charge in [-0.2, -0.15) is 0 Å². The predicted molar refractivity (Wildman–Crippen MR) is 137 cm³/mol. The first-order chi connectivity index (χ1) is 17.2. The number of carboxylic acid groups (broad SMARTS) is 2. The molecule has 0 rings (SSSR count). The Morgan fingerprint density at radius 2 is 1.46 bits per heavy atom. The molecule has 5 atom stereocenters. The lowest BCUT2D eigenvalue weighted by Crippen LogP contribution is -2.58. The first kappa shape index (κ1) is 33.6. The number of hydrogen-bond donors (Lipinski definition) is 8. The first-order valence-corrected chi connectivity index (χ1v) is 12.4. The van der Waals surface area contributed by atoms with Crippen LogP contribution in [0.3, 0.4) is 0 Å². The number of carbonyl (C=O) groups excluding carboxylic acids is 3. The van der Waals surface area contributed by atoms with Gasteiger partial charge in [0, 0.05) is 13.0 Å². The molecule has 5 unspecified atom stereocenters. The van der Waals surface area contributed by atoms with Crippen LogP contribution in [0.1, 0.15) is 66.2 Å². The van der Waals surface area contributed by atoms with Gasteiger partial charge in [-0.1, -0.05) is 34.1 Å². The number of nitrogens with one attached hydrogen (secondary N) is 3. The molecule has 14 nitrogen and oxygen atoms in total. The van der Waals surface area contributed by atoms with Crippen molar-refractivity contribution in [1.29, 1.82) is 0 Å². The van der Waals surface area contributed by atoms with Crippen molar-refractivity contribution in [3.63, 3.8) is 0 Å². The molecule has 11 N–H and O–H groups in total. The van der Waals surface area contributed by atoms with E-state index in [1.807, 2.05) is 13.8 Å². The van der Waals surface area contributed by atoms with Crippen LogP contribution in [0.2, 0.25) is 0 Å². The van der Waals surface area contributed by atoms with Crippen molar-refractivity contribution in [2.24, 2.45) is 34.0 Å². The van der Waals surface area contributed by atoms with Gasteiger partial charge in [0.15, 0.2) is 5.96 Å². The SMILES string of the molecule is CCC(C)C(NC(=O)C(CCCN=C(N)N)NC(=O)C(N)CC(C)C)C(=O)NC(CCC(=O)O)C(=O)O. The molecule has 0 aromatic rings. The van der Waals surface area contributed by atoms with Crippen molar-refractivity contribution in [3.8, 4) is 0 Å². The molecule has 0 heterocycles. The highest BCUT2D eigenvalue weighted by atomic mass is 16.4. The van der Waals surface area contributed by atoms with Crippen LogP contribution in [0, 0.1) is 11.8 Å². The van der Waals surface area contributed by atoms with E-state index in [2.05, 4.69) is 20.9 Å². The molecule has 212 valence electrons. The summed E-state index contributed by atoms with van der Waals surface area (Å²) in [6.45, 7) is 7.50. The second-order valence-corrected chi connectivity index (χ2v) is 9.45. The number of guanidine groups is 1. The topological polar surface area (TPSA) is 252 Å². The number of amides is 3. The minimum Gasteiger partial charge on any atom is -0.481 e. The third-order valence-corrected chi connectivity index (χ3v) is 5.70. The van der Waals surface area contributed by atoms with E-state index < -0.39 is 66.2 Å². The molecule has 0 radical (unpaired) electrons. The van der Waals surface area contributed by atoms with E-state index in [4.69, 9.17) is 22.3 Å². The average Bonchev–Trinajstić information content (AvgIpc) is 2.79. The number of aliphatic imine (C=N–C) groups is 1. The zero-order valence-corrected chi connectivity index (χ0v) is 22.0. The Balaban J connectivity index is 5.67. The van der Waals surface area contributed by atoms with Crippen molar-refractivity contribution >= 4 is 35.6 Å². The fourth-order valence-corrected chi connectivity index (χ4v) is 3.41. The lowest BCUT2D eigenvalue weighted by Gasteiger charge is -2.28. The van der Waals surface area contributed by atoms with Crippen molar-refractivity contribution in [2.75, 3.05) is 6.54 Å². The molecule has 0 bridgehead atoms. The summed E-state index contributed by atoms with van der Waals surface area (Å²) < 4.78 is 0. The van der Waals surface area contributed by atoms with Crippen molar-refractivity contribution in [1.82, 2.24) is 16.0 Å². The van der Waals surface area contributed by atoms with Gasteiger partial charge in [0.1, 0.15) is 18.1 Å². The molecule has 0 fully saturated rings. The van der Waals surface area contributed by atoms with Gasteiger partial charge in [-0.05, 0) is 37.5 Å². The van der Waals surface area contributed by atoms with Gasteiger partial charge < -0.3 is 43.4 Å². The fraction of sp³-hybridized carbons (Fsp3) is 0.739. The van der Waals surface area contributed by atoms with Crippen LogP contribution >= 0.6 is 0 Å². The smallest absolute Gasteiger partial charge is 0.326 e. The minimum atomic E-state index is -1.45. The molecular weight excluding hydrogens is 486 g/mol. The molecule has 0 aromatic carbocycles. The van der Waals surface area contributed by atoms with Gasteiger partial charge in [0.05, 0.1) is 6.04 Å². The molecule has 0 aliphatic heterocycles. The van der Waals surface area contributed by atoms with E-state index in [9.17, 15) is 29.1 Å². The van der Waals surface area contributed by atoms with Crippen molar-refractivity contribution in [2.45, 2.75) is 90.4 Å².